The molecule has 1 heterocycles. The number of aromatic amines is 1. The third-order valence-corrected chi connectivity index (χ3v) is 2.26. The summed E-state index contributed by atoms with van der Waals surface area (Å²) < 4.78 is 13.8. The number of para-hydroxylation sites is 1. The van der Waals surface area contributed by atoms with Gasteiger partial charge in [-0.25, -0.2) is 13.8 Å². The first-order chi connectivity index (χ1) is 8.00. The van der Waals surface area contributed by atoms with Gasteiger partial charge in [0, 0.05) is 0 Å². The third-order valence-electron chi connectivity index (χ3n) is 2.26. The molecular weight excluding hydrogens is 231 g/mol. The van der Waals surface area contributed by atoms with Crippen molar-refractivity contribution in [2.24, 2.45) is 0 Å². The zero-order valence-electron chi connectivity index (χ0n) is 8.44. The quantitative estimate of drug-likeness (QED) is 0.765. The first-order valence-corrected chi connectivity index (χ1v) is 4.64. The summed E-state index contributed by atoms with van der Waals surface area (Å²) in [4.78, 5) is 35.8. The van der Waals surface area contributed by atoms with Crippen LogP contribution in [0.5, 0.6) is 0 Å². The van der Waals surface area contributed by atoms with Gasteiger partial charge in [-0.3, -0.25) is 9.59 Å². The Labute approximate surface area is 92.9 Å². The fraction of sp³-hybridized carbons (Fsp3) is 0.100. The minimum atomic E-state index is -1.33. The molecule has 2 rings (SSSR count). The Morgan fingerprint density at radius 2 is 2.12 bits per heavy atom. The topological polar surface area (TPSA) is 92.2 Å². The van der Waals surface area contributed by atoms with E-state index in [4.69, 9.17) is 5.11 Å². The number of H-pyrrole nitrogens is 1. The summed E-state index contributed by atoms with van der Waals surface area (Å²) in [6, 6.07) is 3.72. The predicted molar refractivity (Wildman–Crippen MR) is 56.4 cm³/mol. The first kappa shape index (κ1) is 11.1. The van der Waals surface area contributed by atoms with Gasteiger partial charge < -0.3 is 10.1 Å². The van der Waals surface area contributed by atoms with Crippen LogP contribution in [0.15, 0.2) is 27.8 Å². The van der Waals surface area contributed by atoms with E-state index < -0.39 is 29.6 Å². The molecular formula is C10H7FN2O4. The Bertz CT molecular complexity index is 716. The van der Waals surface area contributed by atoms with Gasteiger partial charge >= 0.3 is 11.7 Å². The second-order valence-electron chi connectivity index (χ2n) is 3.38. The average Bonchev–Trinajstić information content (AvgIpc) is 2.26. The molecule has 17 heavy (non-hydrogen) atoms. The molecule has 2 N–H and O–H groups in total. The molecule has 0 amide bonds. The van der Waals surface area contributed by atoms with E-state index in [0.717, 1.165) is 6.07 Å². The van der Waals surface area contributed by atoms with E-state index in [1.807, 2.05) is 0 Å². The predicted octanol–water partition coefficient (Wildman–Crippen LogP) is -0.0865. The van der Waals surface area contributed by atoms with Gasteiger partial charge in [0.2, 0.25) is 0 Å². The summed E-state index contributed by atoms with van der Waals surface area (Å²) in [5.74, 6) is -2.06. The van der Waals surface area contributed by atoms with Crippen LogP contribution in [0.4, 0.5) is 4.39 Å². The molecule has 0 saturated carbocycles. The zero-order chi connectivity index (χ0) is 12.6. The Morgan fingerprint density at radius 3 is 2.76 bits per heavy atom. The maximum absolute atomic E-state index is 13.3. The largest absolute Gasteiger partial charge is 0.480 e. The van der Waals surface area contributed by atoms with Gasteiger partial charge in [-0.05, 0) is 12.1 Å². The summed E-state index contributed by atoms with van der Waals surface area (Å²) in [5, 5.41) is 8.49. The molecule has 0 bridgehead atoms. The second kappa shape index (κ2) is 3.85. The van der Waals surface area contributed by atoms with Crippen LogP contribution >= 0.6 is 0 Å². The van der Waals surface area contributed by atoms with Crippen molar-refractivity contribution in [3.63, 3.8) is 0 Å². The van der Waals surface area contributed by atoms with Crippen LogP contribution in [0.2, 0.25) is 0 Å². The number of carboxylic acids is 1. The highest BCUT2D eigenvalue weighted by Crippen LogP contribution is 2.09. The SMILES string of the molecule is O=C(O)Cn1c(=O)[nH]c2c(F)cccc2c1=O. The number of aromatic nitrogens is 2. The molecule has 0 fully saturated rings. The van der Waals surface area contributed by atoms with Crippen LogP contribution in [0, 0.1) is 5.82 Å². The molecule has 0 radical (unpaired) electrons. The van der Waals surface area contributed by atoms with Crippen LogP contribution in [0.3, 0.4) is 0 Å². The van der Waals surface area contributed by atoms with Crippen LogP contribution in [-0.2, 0) is 11.3 Å². The Hall–Kier alpha value is -2.44. The number of nitrogens with zero attached hydrogens (tertiary/aromatic N) is 1. The minimum Gasteiger partial charge on any atom is -0.480 e. The van der Waals surface area contributed by atoms with Crippen molar-refractivity contribution in [3.8, 4) is 0 Å². The average molecular weight is 238 g/mol. The molecule has 6 nitrogen and oxygen atoms in total. The molecule has 2 aromatic rings. The zero-order valence-corrected chi connectivity index (χ0v) is 8.44. The number of fused-ring (bicyclic) bond motifs is 1. The van der Waals surface area contributed by atoms with Gasteiger partial charge in [0.05, 0.1) is 10.9 Å². The molecule has 7 heteroatoms. The van der Waals surface area contributed by atoms with Crippen LogP contribution < -0.4 is 11.2 Å². The standard InChI is InChI=1S/C10H7FN2O4/c11-6-3-1-2-5-8(6)12-10(17)13(9(5)16)4-7(14)15/h1-3H,4H2,(H,12,17)(H,14,15). The summed E-state index contributed by atoms with van der Waals surface area (Å²) in [6.45, 7) is -0.763. The monoisotopic (exact) mass is 238 g/mol. The Morgan fingerprint density at radius 1 is 1.41 bits per heavy atom. The lowest BCUT2D eigenvalue weighted by atomic mass is 10.2. The summed E-state index contributed by atoms with van der Waals surface area (Å²) in [6.07, 6.45) is 0. The number of hydrogen-bond donors (Lipinski definition) is 2. The first-order valence-electron chi connectivity index (χ1n) is 4.64. The van der Waals surface area contributed by atoms with Gasteiger partial charge in [0.25, 0.3) is 5.56 Å². The van der Waals surface area contributed by atoms with E-state index in [9.17, 15) is 18.8 Å². The van der Waals surface area contributed by atoms with E-state index in [2.05, 4.69) is 4.98 Å². The van der Waals surface area contributed by atoms with E-state index >= 15 is 0 Å². The van der Waals surface area contributed by atoms with E-state index in [-0.39, 0.29) is 10.9 Å². The summed E-state index contributed by atoms with van der Waals surface area (Å²) in [7, 11) is 0. The lowest BCUT2D eigenvalue weighted by Crippen LogP contribution is -2.37. The molecule has 88 valence electrons. The van der Waals surface area contributed by atoms with E-state index in [1.54, 1.807) is 0 Å². The minimum absolute atomic E-state index is 0.0640. The van der Waals surface area contributed by atoms with Gasteiger partial charge in [-0.1, -0.05) is 6.07 Å². The van der Waals surface area contributed by atoms with Crippen LogP contribution in [0.1, 0.15) is 0 Å². The number of carbonyl (C=O) groups is 1. The van der Waals surface area contributed by atoms with Crippen LogP contribution in [-0.4, -0.2) is 20.6 Å². The number of nitrogens with one attached hydrogen (secondary N) is 1. The molecule has 1 aromatic heterocycles. The van der Waals surface area contributed by atoms with Crippen molar-refractivity contribution in [2.75, 3.05) is 0 Å². The number of halogens is 1. The fourth-order valence-corrected chi connectivity index (χ4v) is 1.52. The highest BCUT2D eigenvalue weighted by Gasteiger charge is 2.12. The van der Waals surface area contributed by atoms with Crippen molar-refractivity contribution in [1.82, 2.24) is 9.55 Å². The fourth-order valence-electron chi connectivity index (χ4n) is 1.52. The number of carboxylic acid groups (broad SMARTS) is 1. The van der Waals surface area contributed by atoms with Crippen molar-refractivity contribution < 1.29 is 14.3 Å². The van der Waals surface area contributed by atoms with Gasteiger partial charge in [0.15, 0.2) is 0 Å². The van der Waals surface area contributed by atoms with Crippen LogP contribution in [0.25, 0.3) is 10.9 Å². The number of rotatable bonds is 2. The Kier molecular flexibility index (Phi) is 2.51. The number of aliphatic carboxylic acids is 1. The van der Waals surface area contributed by atoms with Crippen molar-refractivity contribution in [3.05, 3.63) is 44.9 Å². The van der Waals surface area contributed by atoms with Crippen molar-refractivity contribution in [2.45, 2.75) is 6.54 Å². The maximum atomic E-state index is 13.3. The molecule has 0 aliphatic rings. The molecule has 1 aromatic carbocycles. The molecule has 0 saturated heterocycles. The van der Waals surface area contributed by atoms with Crippen molar-refractivity contribution in [1.29, 1.82) is 0 Å². The molecule has 0 spiro atoms. The lowest BCUT2D eigenvalue weighted by molar-refractivity contribution is -0.137. The highest BCUT2D eigenvalue weighted by molar-refractivity contribution is 5.78. The second-order valence-corrected chi connectivity index (χ2v) is 3.38. The number of hydrogen-bond acceptors (Lipinski definition) is 3. The van der Waals surface area contributed by atoms with Gasteiger partial charge in [0.1, 0.15) is 12.4 Å². The maximum Gasteiger partial charge on any atom is 0.329 e. The summed E-state index contributed by atoms with van der Waals surface area (Å²) >= 11 is 0. The van der Waals surface area contributed by atoms with Crippen molar-refractivity contribution >= 4 is 16.9 Å². The smallest absolute Gasteiger partial charge is 0.329 e. The molecule has 0 aliphatic carbocycles. The van der Waals surface area contributed by atoms with E-state index in [0.29, 0.717) is 4.57 Å². The highest BCUT2D eigenvalue weighted by atomic mass is 19.1. The van der Waals surface area contributed by atoms with E-state index in [1.165, 1.54) is 12.1 Å². The number of benzene rings is 1. The lowest BCUT2D eigenvalue weighted by Gasteiger charge is -2.03. The Balaban J connectivity index is 2.86. The summed E-state index contributed by atoms with van der Waals surface area (Å²) in [5.41, 5.74) is -2.00. The van der Waals surface area contributed by atoms with Gasteiger partial charge in [-0.2, -0.15) is 0 Å². The normalized spacial score (nSPS) is 10.6. The molecule has 0 unspecified atom stereocenters. The molecule has 0 aliphatic heterocycles. The van der Waals surface area contributed by atoms with Gasteiger partial charge in [-0.15, -0.1) is 0 Å². The third kappa shape index (κ3) is 1.82. The molecule has 0 atom stereocenters.